The van der Waals surface area contributed by atoms with E-state index in [0.29, 0.717) is 11.7 Å². The Morgan fingerprint density at radius 3 is 2.89 bits per heavy atom. The molecular weight excluding hydrogens is 370 g/mol. The molecule has 28 heavy (non-hydrogen) atoms. The van der Waals surface area contributed by atoms with Crippen molar-refractivity contribution in [3.63, 3.8) is 0 Å². The number of hydrogen-bond acceptors (Lipinski definition) is 5. The Morgan fingerprint density at radius 2 is 2.14 bits per heavy atom. The van der Waals surface area contributed by atoms with Gasteiger partial charge in [-0.1, -0.05) is 12.1 Å². The molecule has 1 aromatic carbocycles. The number of nitrogens with one attached hydrogen (secondary N) is 1. The highest BCUT2D eigenvalue weighted by atomic mass is 32.1. The number of likely N-dealkylation sites (tertiary alicyclic amines) is 1. The molecule has 144 valence electrons. The maximum atomic E-state index is 12.4. The molecule has 7 heteroatoms. The molecule has 0 saturated carbocycles. The van der Waals surface area contributed by atoms with Gasteiger partial charge in [-0.3, -0.25) is 4.90 Å². The number of hydrogen-bond donors (Lipinski definition) is 1. The number of rotatable bonds is 4. The van der Waals surface area contributed by atoms with Gasteiger partial charge in [-0.25, -0.2) is 14.3 Å². The number of thiophene rings is 1. The van der Waals surface area contributed by atoms with E-state index in [9.17, 15) is 4.79 Å². The number of aromatic amines is 1. The van der Waals surface area contributed by atoms with Crippen LogP contribution in [0.5, 0.6) is 0 Å². The molecule has 1 atom stereocenters. The zero-order valence-corrected chi connectivity index (χ0v) is 16.9. The van der Waals surface area contributed by atoms with Crippen molar-refractivity contribution in [3.05, 3.63) is 57.1 Å². The second-order valence-corrected chi connectivity index (χ2v) is 8.56. The first-order valence-corrected chi connectivity index (χ1v) is 10.5. The van der Waals surface area contributed by atoms with Crippen LogP contribution in [-0.2, 0) is 6.54 Å². The fourth-order valence-corrected chi connectivity index (χ4v) is 4.88. The quantitative estimate of drug-likeness (QED) is 0.579. The number of likely N-dealkylation sites (N-methyl/N-ethyl adjacent to an activating group) is 1. The van der Waals surface area contributed by atoms with E-state index in [4.69, 9.17) is 0 Å². The minimum Gasteiger partial charge on any atom is -0.305 e. The summed E-state index contributed by atoms with van der Waals surface area (Å²) in [6.45, 7) is 3.03. The second kappa shape index (κ2) is 6.84. The number of nitrogens with zero attached hydrogens (tertiary/aromatic N) is 4. The molecule has 5 rings (SSSR count). The summed E-state index contributed by atoms with van der Waals surface area (Å²) in [6.07, 6.45) is 1.19. The highest BCUT2D eigenvalue weighted by Gasteiger charge is 2.24. The van der Waals surface area contributed by atoms with Crippen molar-refractivity contribution >= 4 is 27.9 Å². The lowest BCUT2D eigenvalue weighted by molar-refractivity contribution is 0.265. The summed E-state index contributed by atoms with van der Waals surface area (Å²) in [7, 11) is 4.30. The fourth-order valence-electron chi connectivity index (χ4n) is 4.22. The first-order valence-electron chi connectivity index (χ1n) is 9.54. The van der Waals surface area contributed by atoms with Crippen LogP contribution in [0, 0.1) is 0 Å². The Balaban J connectivity index is 1.62. The van der Waals surface area contributed by atoms with Gasteiger partial charge in [0.15, 0.2) is 5.65 Å². The second-order valence-electron chi connectivity index (χ2n) is 7.78. The lowest BCUT2D eigenvalue weighted by Gasteiger charge is -2.21. The van der Waals surface area contributed by atoms with E-state index >= 15 is 0 Å². The molecule has 1 aliphatic rings. The van der Waals surface area contributed by atoms with E-state index in [-0.39, 0.29) is 5.69 Å². The van der Waals surface area contributed by atoms with E-state index in [1.807, 2.05) is 6.07 Å². The normalized spacial score (nSPS) is 18.0. The summed E-state index contributed by atoms with van der Waals surface area (Å²) in [5, 5.41) is 12.2. The highest BCUT2D eigenvalue weighted by molar-refractivity contribution is 7.08. The van der Waals surface area contributed by atoms with Crippen molar-refractivity contribution in [2.24, 2.45) is 0 Å². The molecule has 0 bridgehead atoms. The summed E-state index contributed by atoms with van der Waals surface area (Å²) >= 11 is 1.68. The van der Waals surface area contributed by atoms with Crippen LogP contribution in [0.1, 0.15) is 12.0 Å². The van der Waals surface area contributed by atoms with Crippen LogP contribution in [0.2, 0.25) is 0 Å². The summed E-state index contributed by atoms with van der Waals surface area (Å²) < 4.78 is 1.68. The van der Waals surface area contributed by atoms with Gasteiger partial charge in [-0.2, -0.15) is 16.4 Å². The summed E-state index contributed by atoms with van der Waals surface area (Å²) in [4.78, 5) is 17.2. The molecule has 0 unspecified atom stereocenters. The molecule has 0 aliphatic carbocycles. The molecule has 4 heterocycles. The largest absolute Gasteiger partial charge is 0.348 e. The molecule has 0 amide bonds. The zero-order chi connectivity index (χ0) is 19.3. The van der Waals surface area contributed by atoms with Gasteiger partial charge in [-0.15, -0.1) is 0 Å². The zero-order valence-electron chi connectivity index (χ0n) is 16.1. The molecule has 0 spiro atoms. The Morgan fingerprint density at radius 1 is 1.25 bits per heavy atom. The molecule has 6 nitrogen and oxygen atoms in total. The van der Waals surface area contributed by atoms with Gasteiger partial charge in [0.2, 0.25) is 0 Å². The van der Waals surface area contributed by atoms with Gasteiger partial charge < -0.3 is 4.90 Å². The SMILES string of the molecule is CN(C)[C@@H]1CCN(Cc2cc3n[nH]c(=O)n3c3cc(-c4ccsc4)ccc23)C1. The Hall–Kier alpha value is -2.48. The maximum absolute atomic E-state index is 12.4. The first-order chi connectivity index (χ1) is 13.6. The molecule has 1 fully saturated rings. The minimum atomic E-state index is -0.192. The van der Waals surface area contributed by atoms with E-state index in [1.54, 1.807) is 15.7 Å². The third kappa shape index (κ3) is 2.96. The Kier molecular flexibility index (Phi) is 4.30. The number of H-pyrrole nitrogens is 1. The van der Waals surface area contributed by atoms with Crippen molar-refractivity contribution in [2.75, 3.05) is 27.2 Å². The summed E-state index contributed by atoms with van der Waals surface area (Å²) in [6, 6.07) is 11.2. The third-order valence-electron chi connectivity index (χ3n) is 5.81. The van der Waals surface area contributed by atoms with Crippen LogP contribution in [0.25, 0.3) is 27.7 Å². The van der Waals surface area contributed by atoms with Gasteiger partial charge in [0.25, 0.3) is 0 Å². The van der Waals surface area contributed by atoms with Crippen LogP contribution in [0.15, 0.2) is 45.9 Å². The minimum absolute atomic E-state index is 0.192. The molecular formula is C21H23N5OS. The number of aromatic nitrogens is 3. The van der Waals surface area contributed by atoms with Crippen LogP contribution < -0.4 is 5.69 Å². The van der Waals surface area contributed by atoms with Crippen LogP contribution in [-0.4, -0.2) is 57.6 Å². The van der Waals surface area contributed by atoms with Crippen molar-refractivity contribution in [2.45, 2.75) is 19.0 Å². The predicted octanol–water partition coefficient (Wildman–Crippen LogP) is 3.04. The van der Waals surface area contributed by atoms with Crippen molar-refractivity contribution in [1.29, 1.82) is 0 Å². The molecule has 1 saturated heterocycles. The van der Waals surface area contributed by atoms with Crippen LogP contribution in [0.3, 0.4) is 0 Å². The van der Waals surface area contributed by atoms with Crippen LogP contribution >= 0.6 is 11.3 Å². The van der Waals surface area contributed by atoms with Gasteiger partial charge >= 0.3 is 5.69 Å². The third-order valence-corrected chi connectivity index (χ3v) is 6.50. The number of benzene rings is 1. The van der Waals surface area contributed by atoms with E-state index < -0.39 is 0 Å². The average molecular weight is 394 g/mol. The molecule has 1 N–H and O–H groups in total. The van der Waals surface area contributed by atoms with Gasteiger partial charge in [0.05, 0.1) is 5.52 Å². The van der Waals surface area contributed by atoms with E-state index in [1.165, 1.54) is 17.5 Å². The highest BCUT2D eigenvalue weighted by Crippen LogP contribution is 2.29. The smallest absolute Gasteiger partial charge is 0.305 e. The molecule has 4 aromatic rings. The Bertz CT molecular complexity index is 1190. The lowest BCUT2D eigenvalue weighted by Crippen LogP contribution is -2.31. The Labute approximate surface area is 167 Å². The van der Waals surface area contributed by atoms with Crippen LogP contribution in [0.4, 0.5) is 0 Å². The van der Waals surface area contributed by atoms with Crippen molar-refractivity contribution < 1.29 is 0 Å². The standard InChI is InChI=1S/C21H23N5OS/c1-24(2)17-5-7-25(12-17)11-16-10-20-22-23-21(27)26(20)19-9-14(3-4-18(16)19)15-6-8-28-13-15/h3-4,6,8-10,13,17H,5,7,11-12H2,1-2H3,(H,23,27)/t17-/m1/s1. The molecule has 3 aromatic heterocycles. The maximum Gasteiger partial charge on any atom is 0.348 e. The topological polar surface area (TPSA) is 56.6 Å². The van der Waals surface area contributed by atoms with Crippen molar-refractivity contribution in [1.82, 2.24) is 24.4 Å². The average Bonchev–Trinajstić information content (AvgIpc) is 3.43. The summed E-state index contributed by atoms with van der Waals surface area (Å²) in [5.41, 5.74) is 4.92. The number of fused-ring (bicyclic) bond motifs is 3. The lowest BCUT2D eigenvalue weighted by atomic mass is 10.0. The predicted molar refractivity (Wildman–Crippen MR) is 114 cm³/mol. The first kappa shape index (κ1) is 17.6. The molecule has 0 radical (unpaired) electrons. The van der Waals surface area contributed by atoms with Gasteiger partial charge in [0.1, 0.15) is 0 Å². The van der Waals surface area contributed by atoms with E-state index in [2.05, 4.69) is 69.1 Å². The number of pyridine rings is 1. The fraction of sp³-hybridized carbons (Fsp3) is 0.333. The van der Waals surface area contributed by atoms with E-state index in [0.717, 1.165) is 36.1 Å². The summed E-state index contributed by atoms with van der Waals surface area (Å²) in [5.74, 6) is 0. The monoisotopic (exact) mass is 393 g/mol. The van der Waals surface area contributed by atoms with Crippen molar-refractivity contribution in [3.8, 4) is 11.1 Å². The van der Waals surface area contributed by atoms with Gasteiger partial charge in [-0.05, 0) is 66.2 Å². The molecule has 1 aliphatic heterocycles. The van der Waals surface area contributed by atoms with Gasteiger partial charge in [0, 0.05) is 31.1 Å².